The maximum Gasteiger partial charge on any atom is 0.418 e. The molecule has 1 atom stereocenters. The topological polar surface area (TPSA) is 75.9 Å². The lowest BCUT2D eigenvalue weighted by Crippen LogP contribution is -2.44. The Balaban J connectivity index is 2.38. The van der Waals surface area contributed by atoms with Crippen LogP contribution in [0, 0.1) is 10.1 Å². The minimum Gasteiger partial charge on any atom is -0.379 e. The molecule has 2 heterocycles. The Hall–Kier alpha value is -0.890. The number of halogens is 5. The van der Waals surface area contributed by atoms with Gasteiger partial charge in [0.25, 0.3) is 5.69 Å². The summed E-state index contributed by atoms with van der Waals surface area (Å²) in [5.74, 6) is 0. The number of benzene rings is 1. The molecule has 1 saturated heterocycles. The molecule has 0 aromatic heterocycles. The Morgan fingerprint density at radius 2 is 1.89 bits per heavy atom. The van der Waals surface area contributed by atoms with Gasteiger partial charge in [-0.15, -0.1) is 0 Å². The first-order valence-electron chi connectivity index (χ1n) is 8.18. The number of hydrogen-bond donors (Lipinski definition) is 0. The van der Waals surface area contributed by atoms with Gasteiger partial charge in [0, 0.05) is 37.1 Å². The summed E-state index contributed by atoms with van der Waals surface area (Å²) in [7, 11) is -3.29. The molecule has 1 fully saturated rings. The van der Waals surface area contributed by atoms with Crippen LogP contribution in [0.4, 0.5) is 24.5 Å². The highest BCUT2D eigenvalue weighted by atomic mass is 79.9. The summed E-state index contributed by atoms with van der Waals surface area (Å²) in [4.78, 5) is 11.9. The average molecular weight is 551 g/mol. The zero-order chi connectivity index (χ0) is 20.7. The molecule has 3 rings (SSSR count). The van der Waals surface area contributed by atoms with Gasteiger partial charge in [0.05, 0.1) is 49.3 Å². The molecule has 1 aromatic rings. The number of ether oxygens (including phenoxy) is 1. The van der Waals surface area contributed by atoms with Gasteiger partial charge in [0.2, 0.25) is 0 Å². The molecule has 0 saturated carbocycles. The van der Waals surface area contributed by atoms with E-state index in [1.165, 1.54) is 4.90 Å². The fourth-order valence-electron chi connectivity index (χ4n) is 3.36. The number of nitrogens with zero attached hydrogens (tertiary/aromatic N) is 3. The predicted molar refractivity (Wildman–Crippen MR) is 107 cm³/mol. The first-order valence-corrected chi connectivity index (χ1v) is 11.9. The third-order valence-electron chi connectivity index (χ3n) is 4.52. The van der Waals surface area contributed by atoms with Crippen molar-refractivity contribution in [3.8, 4) is 0 Å². The number of nitro groups is 1. The second-order valence-electron chi connectivity index (χ2n) is 6.03. The van der Waals surface area contributed by atoms with Gasteiger partial charge in [0.15, 0.2) is 0 Å². The predicted octanol–water partition coefficient (Wildman–Crippen LogP) is 3.24. The van der Waals surface area contributed by atoms with Gasteiger partial charge in [0.1, 0.15) is 4.99 Å². The van der Waals surface area contributed by atoms with Gasteiger partial charge in [-0.3, -0.25) is 10.1 Å². The summed E-state index contributed by atoms with van der Waals surface area (Å²) in [6.07, 6.45) is -4.84. The monoisotopic (exact) mass is 549 g/mol. The van der Waals surface area contributed by atoms with Crippen LogP contribution in [0.5, 0.6) is 0 Å². The van der Waals surface area contributed by atoms with Crippen molar-refractivity contribution in [3.63, 3.8) is 0 Å². The lowest BCUT2D eigenvalue weighted by Gasteiger charge is -2.30. The molecular formula is C15H16Br2F3N3O4S. The summed E-state index contributed by atoms with van der Waals surface area (Å²) >= 11 is 6.49. The highest BCUT2D eigenvalue weighted by Crippen LogP contribution is 2.47. The van der Waals surface area contributed by atoms with Crippen molar-refractivity contribution in [2.24, 2.45) is 0 Å². The van der Waals surface area contributed by atoms with E-state index in [9.17, 15) is 27.5 Å². The SMILES string of the molecule is O=[N+]([O-])c1cc(C(F)(F)F)c2c(c1)S(=O)(N1CCOCC1)=C(CBr)N2CCBr. The number of hydrogen-bond acceptors (Lipinski definition) is 5. The average Bonchev–Trinajstić information content (AvgIpc) is 2.90. The Bertz CT molecular complexity index is 913. The quantitative estimate of drug-likeness (QED) is 0.243. The molecule has 156 valence electrons. The molecular weight excluding hydrogens is 535 g/mol. The Labute approximate surface area is 176 Å². The molecule has 28 heavy (non-hydrogen) atoms. The molecule has 0 aliphatic carbocycles. The number of non-ortho nitro benzene ring substituents is 1. The second-order valence-corrected chi connectivity index (χ2v) is 9.86. The molecule has 1 unspecified atom stereocenters. The smallest absolute Gasteiger partial charge is 0.379 e. The van der Waals surface area contributed by atoms with Gasteiger partial charge in [-0.25, -0.2) is 8.51 Å². The number of alkyl halides is 5. The van der Waals surface area contributed by atoms with Crippen LogP contribution in [0.25, 0.3) is 0 Å². The van der Waals surface area contributed by atoms with E-state index in [0.717, 1.165) is 6.07 Å². The van der Waals surface area contributed by atoms with Crippen LogP contribution in [0.1, 0.15) is 5.56 Å². The summed E-state index contributed by atoms with van der Waals surface area (Å²) < 4.78 is 62.5. The third-order valence-corrected chi connectivity index (χ3v) is 8.78. The largest absolute Gasteiger partial charge is 0.418 e. The first-order chi connectivity index (χ1) is 13.2. The van der Waals surface area contributed by atoms with Crippen LogP contribution >= 0.6 is 31.9 Å². The van der Waals surface area contributed by atoms with Gasteiger partial charge >= 0.3 is 6.18 Å². The summed E-state index contributed by atoms with van der Waals surface area (Å²) in [6, 6.07) is 1.52. The van der Waals surface area contributed by atoms with E-state index in [1.807, 2.05) is 0 Å². The van der Waals surface area contributed by atoms with E-state index >= 15 is 0 Å². The van der Waals surface area contributed by atoms with E-state index in [4.69, 9.17) is 4.74 Å². The van der Waals surface area contributed by atoms with E-state index in [1.54, 1.807) is 4.31 Å². The van der Waals surface area contributed by atoms with Crippen LogP contribution in [-0.4, -0.2) is 61.9 Å². The van der Waals surface area contributed by atoms with Crippen molar-refractivity contribution in [1.82, 2.24) is 4.31 Å². The number of fused-ring (bicyclic) bond motifs is 1. The molecule has 0 amide bonds. The molecule has 7 nitrogen and oxygen atoms in total. The number of morpholine rings is 1. The molecule has 13 heteroatoms. The maximum absolute atomic E-state index is 14.2. The minimum absolute atomic E-state index is 0.0654. The van der Waals surface area contributed by atoms with Crippen molar-refractivity contribution in [2.45, 2.75) is 11.1 Å². The Kier molecular flexibility index (Phi) is 6.30. The molecule has 0 spiro atoms. The molecule has 0 radical (unpaired) electrons. The van der Waals surface area contributed by atoms with E-state index in [0.29, 0.717) is 11.4 Å². The molecule has 1 aromatic carbocycles. The van der Waals surface area contributed by atoms with Crippen LogP contribution in [0.2, 0.25) is 0 Å². The van der Waals surface area contributed by atoms with Crippen LogP contribution < -0.4 is 4.90 Å². The second kappa shape index (κ2) is 8.09. The highest BCUT2D eigenvalue weighted by molar-refractivity contribution is 9.09. The Morgan fingerprint density at radius 3 is 2.39 bits per heavy atom. The van der Waals surface area contributed by atoms with E-state index in [-0.39, 0.29) is 53.7 Å². The summed E-state index contributed by atoms with van der Waals surface area (Å²) in [6.45, 7) is 1.20. The molecule has 2 aliphatic rings. The van der Waals surface area contributed by atoms with Gasteiger partial charge in [-0.05, 0) is 0 Å². The minimum atomic E-state index is -4.84. The van der Waals surface area contributed by atoms with Gasteiger partial charge in [-0.1, -0.05) is 31.9 Å². The zero-order valence-corrected chi connectivity index (χ0v) is 18.4. The number of nitro benzene ring substituents is 1. The van der Waals surface area contributed by atoms with Crippen molar-refractivity contribution in [1.29, 1.82) is 0 Å². The maximum atomic E-state index is 14.2. The van der Waals surface area contributed by atoms with Crippen LogP contribution in [0.3, 0.4) is 0 Å². The van der Waals surface area contributed by atoms with Gasteiger partial charge in [-0.2, -0.15) is 13.2 Å². The van der Waals surface area contributed by atoms with E-state index in [2.05, 4.69) is 31.9 Å². The van der Waals surface area contributed by atoms with Crippen molar-refractivity contribution in [3.05, 3.63) is 27.8 Å². The molecule has 0 N–H and O–H groups in total. The standard InChI is InChI=1S/C15H16Br2F3N3O4S/c16-1-2-22-13(9-17)28(26,21-3-5-27-6-4-21)12-8-10(23(24)25)7-11(14(12)22)15(18,19)20/h7-8H,1-6,9H2. The summed E-state index contributed by atoms with van der Waals surface area (Å²) in [5, 5.41) is 11.7. The van der Waals surface area contributed by atoms with Crippen molar-refractivity contribution >= 4 is 57.9 Å². The third kappa shape index (κ3) is 3.55. The summed E-state index contributed by atoms with van der Waals surface area (Å²) in [5.41, 5.74) is -2.17. The van der Waals surface area contributed by atoms with Crippen molar-refractivity contribution < 1.29 is 27.0 Å². The fraction of sp³-hybridized carbons (Fsp3) is 0.533. The lowest BCUT2D eigenvalue weighted by atomic mass is 10.1. The van der Waals surface area contributed by atoms with Crippen LogP contribution in [-0.2, 0) is 20.6 Å². The molecule has 0 bridgehead atoms. The van der Waals surface area contributed by atoms with Crippen LogP contribution in [0.15, 0.2) is 17.0 Å². The number of anilines is 1. The molecule has 2 aliphatic heterocycles. The normalized spacial score (nSPS) is 23.2. The van der Waals surface area contributed by atoms with E-state index < -0.39 is 32.1 Å². The highest BCUT2D eigenvalue weighted by Gasteiger charge is 2.46. The van der Waals surface area contributed by atoms with Crippen molar-refractivity contribution in [2.75, 3.05) is 48.4 Å². The fourth-order valence-corrected chi connectivity index (χ4v) is 7.84. The Morgan fingerprint density at radius 1 is 1.25 bits per heavy atom. The zero-order valence-electron chi connectivity index (χ0n) is 14.4. The lowest BCUT2D eigenvalue weighted by molar-refractivity contribution is -0.385. The number of rotatable bonds is 5. The first kappa shape index (κ1) is 21.8. The van der Waals surface area contributed by atoms with Gasteiger partial charge < -0.3 is 9.64 Å².